The molecule has 0 saturated heterocycles. The topological polar surface area (TPSA) is 33.4 Å². The Bertz CT molecular complexity index is 216. The first kappa shape index (κ1) is 11.3. The predicted octanol–water partition coefficient (Wildman–Crippen LogP) is 3.15. The molecular weight excluding hydrogens is 176 g/mol. The van der Waals surface area contributed by atoms with Gasteiger partial charge in [-0.25, -0.2) is 0 Å². The first-order chi connectivity index (χ1) is 6.83. The van der Waals surface area contributed by atoms with Crippen molar-refractivity contribution in [3.8, 4) is 0 Å². The van der Waals surface area contributed by atoms with Gasteiger partial charge in [-0.3, -0.25) is 0 Å². The Hall–Kier alpha value is -0.760. The summed E-state index contributed by atoms with van der Waals surface area (Å²) in [6.45, 7) is 2.10. The van der Waals surface area contributed by atoms with Crippen LogP contribution < -0.4 is 0 Å². The molecular formula is C12H20O2. The van der Waals surface area contributed by atoms with Gasteiger partial charge in [-0.1, -0.05) is 19.8 Å². The van der Waals surface area contributed by atoms with Crippen molar-refractivity contribution >= 4 is 0 Å². The third kappa shape index (κ3) is 4.47. The van der Waals surface area contributed by atoms with Crippen molar-refractivity contribution in [1.29, 1.82) is 0 Å². The van der Waals surface area contributed by atoms with E-state index in [0.717, 1.165) is 44.3 Å². The van der Waals surface area contributed by atoms with Crippen molar-refractivity contribution in [2.45, 2.75) is 51.6 Å². The number of aliphatic hydroxyl groups is 1. The quantitative estimate of drug-likeness (QED) is 0.679. The third-order valence-electron chi connectivity index (χ3n) is 2.41. The molecule has 0 bridgehead atoms. The average molecular weight is 196 g/mol. The fraction of sp³-hybridized carbons (Fsp3) is 0.667. The van der Waals surface area contributed by atoms with Gasteiger partial charge in [0.15, 0.2) is 0 Å². The molecule has 0 fully saturated rings. The van der Waals surface area contributed by atoms with Crippen molar-refractivity contribution in [2.75, 3.05) is 0 Å². The molecule has 0 aliphatic carbocycles. The Morgan fingerprint density at radius 3 is 2.86 bits per heavy atom. The first-order valence-corrected chi connectivity index (χ1v) is 5.53. The highest BCUT2D eigenvalue weighted by Gasteiger charge is 2.02. The van der Waals surface area contributed by atoms with Gasteiger partial charge in [-0.15, -0.1) is 0 Å². The highest BCUT2D eigenvalue weighted by molar-refractivity contribution is 4.97. The lowest BCUT2D eigenvalue weighted by atomic mass is 10.1. The fourth-order valence-corrected chi connectivity index (χ4v) is 1.61. The van der Waals surface area contributed by atoms with Crippen molar-refractivity contribution < 1.29 is 9.52 Å². The largest absolute Gasteiger partial charge is 0.469 e. The van der Waals surface area contributed by atoms with Gasteiger partial charge in [-0.05, 0) is 31.4 Å². The van der Waals surface area contributed by atoms with Gasteiger partial charge in [-0.2, -0.15) is 0 Å². The van der Waals surface area contributed by atoms with Crippen LogP contribution in [-0.2, 0) is 6.42 Å². The SMILES string of the molecule is CCCC(O)CCCCc1ccco1. The Morgan fingerprint density at radius 2 is 2.21 bits per heavy atom. The lowest BCUT2D eigenvalue weighted by Crippen LogP contribution is -2.05. The number of rotatable bonds is 7. The lowest BCUT2D eigenvalue weighted by molar-refractivity contribution is 0.150. The highest BCUT2D eigenvalue weighted by Crippen LogP contribution is 2.10. The van der Waals surface area contributed by atoms with Crippen molar-refractivity contribution in [3.63, 3.8) is 0 Å². The Morgan fingerprint density at radius 1 is 1.36 bits per heavy atom. The average Bonchev–Trinajstić information content (AvgIpc) is 2.65. The van der Waals surface area contributed by atoms with Gasteiger partial charge in [0, 0.05) is 6.42 Å². The molecule has 0 spiro atoms. The van der Waals surface area contributed by atoms with E-state index in [1.807, 2.05) is 12.1 Å². The molecule has 1 N–H and O–H groups in total. The number of hydrogen-bond acceptors (Lipinski definition) is 2. The summed E-state index contributed by atoms with van der Waals surface area (Å²) in [5, 5.41) is 9.48. The number of aryl methyl sites for hydroxylation is 1. The maximum absolute atomic E-state index is 9.48. The molecule has 1 aromatic heterocycles. The minimum atomic E-state index is -0.100. The van der Waals surface area contributed by atoms with Crippen LogP contribution >= 0.6 is 0 Å². The zero-order chi connectivity index (χ0) is 10.2. The summed E-state index contributed by atoms with van der Waals surface area (Å²) < 4.78 is 5.23. The van der Waals surface area contributed by atoms with Crippen LogP contribution in [0.2, 0.25) is 0 Å². The second-order valence-electron chi connectivity index (χ2n) is 3.77. The van der Waals surface area contributed by atoms with Gasteiger partial charge in [0.2, 0.25) is 0 Å². The van der Waals surface area contributed by atoms with Crippen LogP contribution in [0, 0.1) is 0 Å². The molecule has 0 radical (unpaired) electrons. The molecule has 14 heavy (non-hydrogen) atoms. The minimum absolute atomic E-state index is 0.100. The third-order valence-corrected chi connectivity index (χ3v) is 2.41. The van der Waals surface area contributed by atoms with Crippen LogP contribution in [0.15, 0.2) is 22.8 Å². The maximum atomic E-state index is 9.48. The smallest absolute Gasteiger partial charge is 0.103 e. The zero-order valence-electron chi connectivity index (χ0n) is 8.91. The predicted molar refractivity (Wildman–Crippen MR) is 57.2 cm³/mol. The normalized spacial score (nSPS) is 13.0. The summed E-state index contributed by atoms with van der Waals surface area (Å²) in [6, 6.07) is 3.92. The van der Waals surface area contributed by atoms with Crippen LogP contribution in [0.5, 0.6) is 0 Å². The monoisotopic (exact) mass is 196 g/mol. The van der Waals surface area contributed by atoms with E-state index in [4.69, 9.17) is 4.42 Å². The molecule has 1 rings (SSSR count). The molecule has 2 nitrogen and oxygen atoms in total. The molecule has 1 aromatic rings. The standard InChI is InChI=1S/C12H20O2/c1-2-6-11(13)7-3-4-8-12-9-5-10-14-12/h5,9-11,13H,2-4,6-8H2,1H3. The Labute approximate surface area is 85.9 Å². The first-order valence-electron chi connectivity index (χ1n) is 5.53. The zero-order valence-corrected chi connectivity index (χ0v) is 8.91. The highest BCUT2D eigenvalue weighted by atomic mass is 16.3. The summed E-state index contributed by atoms with van der Waals surface area (Å²) in [5.74, 6) is 1.05. The molecule has 0 saturated carbocycles. The van der Waals surface area contributed by atoms with Gasteiger partial charge >= 0.3 is 0 Å². The van der Waals surface area contributed by atoms with Crippen molar-refractivity contribution in [3.05, 3.63) is 24.2 Å². The van der Waals surface area contributed by atoms with Crippen LogP contribution in [0.3, 0.4) is 0 Å². The van der Waals surface area contributed by atoms with E-state index in [1.54, 1.807) is 6.26 Å². The van der Waals surface area contributed by atoms with Crippen LogP contribution in [-0.4, -0.2) is 11.2 Å². The second kappa shape index (κ2) is 6.66. The van der Waals surface area contributed by atoms with E-state index in [2.05, 4.69) is 6.92 Å². The molecule has 0 aliphatic rings. The summed E-state index contributed by atoms with van der Waals surface area (Å²) in [7, 11) is 0. The summed E-state index contributed by atoms with van der Waals surface area (Å²) in [5.41, 5.74) is 0. The minimum Gasteiger partial charge on any atom is -0.469 e. The molecule has 2 heteroatoms. The van der Waals surface area contributed by atoms with Gasteiger partial charge in [0.1, 0.15) is 5.76 Å². The van der Waals surface area contributed by atoms with Gasteiger partial charge in [0.05, 0.1) is 12.4 Å². The number of furan rings is 1. The summed E-state index contributed by atoms with van der Waals surface area (Å²) >= 11 is 0. The van der Waals surface area contributed by atoms with E-state index in [9.17, 15) is 5.11 Å². The molecule has 0 aromatic carbocycles. The summed E-state index contributed by atoms with van der Waals surface area (Å²) in [4.78, 5) is 0. The fourth-order valence-electron chi connectivity index (χ4n) is 1.61. The molecule has 0 amide bonds. The Kier molecular flexibility index (Phi) is 5.38. The van der Waals surface area contributed by atoms with E-state index < -0.39 is 0 Å². The van der Waals surface area contributed by atoms with E-state index in [-0.39, 0.29) is 6.10 Å². The maximum Gasteiger partial charge on any atom is 0.103 e. The van der Waals surface area contributed by atoms with Gasteiger partial charge < -0.3 is 9.52 Å². The van der Waals surface area contributed by atoms with Crippen LogP contribution in [0.1, 0.15) is 44.8 Å². The van der Waals surface area contributed by atoms with Crippen molar-refractivity contribution in [2.24, 2.45) is 0 Å². The molecule has 1 atom stereocenters. The molecule has 1 unspecified atom stereocenters. The van der Waals surface area contributed by atoms with Gasteiger partial charge in [0.25, 0.3) is 0 Å². The molecule has 1 heterocycles. The number of aliphatic hydroxyl groups excluding tert-OH is 1. The van der Waals surface area contributed by atoms with E-state index in [1.165, 1.54) is 0 Å². The van der Waals surface area contributed by atoms with E-state index >= 15 is 0 Å². The molecule has 80 valence electrons. The molecule has 0 aliphatic heterocycles. The Balaban J connectivity index is 1.99. The second-order valence-corrected chi connectivity index (χ2v) is 3.77. The lowest BCUT2D eigenvalue weighted by Gasteiger charge is -2.07. The van der Waals surface area contributed by atoms with Crippen LogP contribution in [0.4, 0.5) is 0 Å². The van der Waals surface area contributed by atoms with Crippen LogP contribution in [0.25, 0.3) is 0 Å². The van der Waals surface area contributed by atoms with Crippen molar-refractivity contribution in [1.82, 2.24) is 0 Å². The number of unbranched alkanes of at least 4 members (excludes halogenated alkanes) is 1. The van der Waals surface area contributed by atoms with E-state index in [0.29, 0.717) is 0 Å². The number of hydrogen-bond donors (Lipinski definition) is 1. The summed E-state index contributed by atoms with van der Waals surface area (Å²) in [6.07, 6.45) is 7.72.